The molecule has 0 aliphatic heterocycles. The number of carbonyl (C=O) groups excluding carboxylic acids is 1. The van der Waals surface area contributed by atoms with Gasteiger partial charge >= 0.3 is 0 Å². The van der Waals surface area contributed by atoms with Gasteiger partial charge in [0.05, 0.1) is 19.7 Å². The number of aryl methyl sites for hydroxylation is 2. The number of methoxy groups -OCH3 is 1. The van der Waals surface area contributed by atoms with E-state index in [1.165, 1.54) is 5.56 Å². The molecule has 2 N–H and O–H groups in total. The molecule has 1 amide bonds. The number of likely N-dealkylation sites (N-methyl/N-ethyl adjacent to an activating group) is 1. The zero-order chi connectivity index (χ0) is 20.3. The van der Waals surface area contributed by atoms with Gasteiger partial charge < -0.3 is 15.0 Å². The maximum atomic E-state index is 12.3. The van der Waals surface area contributed by atoms with Crippen molar-refractivity contribution in [3.8, 4) is 5.75 Å². The number of amides is 1. The molecule has 0 fully saturated rings. The maximum Gasteiger partial charge on any atom is 0.279 e. The van der Waals surface area contributed by atoms with Crippen LogP contribution in [0.1, 0.15) is 16.7 Å². The minimum absolute atomic E-state index is 0.0565. The summed E-state index contributed by atoms with van der Waals surface area (Å²) >= 11 is 6.43. The molecule has 6 heteroatoms. The fourth-order valence-electron chi connectivity index (χ4n) is 3.17. The van der Waals surface area contributed by atoms with Crippen LogP contribution in [0.25, 0.3) is 10.9 Å². The van der Waals surface area contributed by atoms with Gasteiger partial charge in [-0.2, -0.15) is 0 Å². The number of quaternary nitrogens is 1. The van der Waals surface area contributed by atoms with Gasteiger partial charge in [-0.1, -0.05) is 23.7 Å². The number of carbonyl (C=O) groups is 1. The molecule has 0 aliphatic rings. The minimum atomic E-state index is -0.0565. The van der Waals surface area contributed by atoms with E-state index >= 15 is 0 Å². The summed E-state index contributed by atoms with van der Waals surface area (Å²) in [7, 11) is 3.58. The summed E-state index contributed by atoms with van der Waals surface area (Å²) in [6.07, 6.45) is 0. The molecule has 1 heterocycles. The number of nitrogens with zero attached hydrogens (tertiary/aromatic N) is 1. The Morgan fingerprint density at radius 3 is 2.57 bits per heavy atom. The third-order valence-electron chi connectivity index (χ3n) is 4.87. The van der Waals surface area contributed by atoms with Crippen molar-refractivity contribution in [2.45, 2.75) is 20.4 Å². The van der Waals surface area contributed by atoms with E-state index in [0.29, 0.717) is 18.2 Å². The van der Waals surface area contributed by atoms with Gasteiger partial charge in [-0.3, -0.25) is 4.79 Å². The summed E-state index contributed by atoms with van der Waals surface area (Å²) in [5.41, 5.74) is 4.96. The van der Waals surface area contributed by atoms with E-state index in [-0.39, 0.29) is 5.91 Å². The number of hydrogen-bond donors (Lipinski definition) is 2. The summed E-state index contributed by atoms with van der Waals surface area (Å²) in [6, 6.07) is 13.5. The molecule has 0 radical (unpaired) electrons. The molecule has 5 nitrogen and oxygen atoms in total. The molecule has 0 spiro atoms. The Labute approximate surface area is 170 Å². The van der Waals surface area contributed by atoms with Crippen LogP contribution in [-0.2, 0) is 11.3 Å². The van der Waals surface area contributed by atoms with Crippen molar-refractivity contribution in [1.29, 1.82) is 0 Å². The first-order chi connectivity index (χ1) is 13.4. The summed E-state index contributed by atoms with van der Waals surface area (Å²) in [4.78, 5) is 18.0. The molecule has 0 saturated heterocycles. The monoisotopic (exact) mass is 398 g/mol. The largest absolute Gasteiger partial charge is 0.497 e. The van der Waals surface area contributed by atoms with Gasteiger partial charge in [0.2, 0.25) is 0 Å². The number of hydrogen-bond acceptors (Lipinski definition) is 3. The molecule has 1 aromatic heterocycles. The summed E-state index contributed by atoms with van der Waals surface area (Å²) in [5.74, 6) is 0.698. The molecule has 146 valence electrons. The number of anilines is 1. The normalized spacial score (nSPS) is 12.0. The SMILES string of the molecule is COc1ccc(NC(=O)C[NH+](C)Cc2cc3ccc(C)c(C)c3nc2Cl)cc1. The van der Waals surface area contributed by atoms with Crippen LogP contribution in [0, 0.1) is 13.8 Å². The zero-order valence-electron chi connectivity index (χ0n) is 16.6. The van der Waals surface area contributed by atoms with E-state index in [9.17, 15) is 4.79 Å². The second-order valence-electron chi connectivity index (χ2n) is 7.10. The summed E-state index contributed by atoms with van der Waals surface area (Å²) in [5, 5.41) is 4.47. The Kier molecular flexibility index (Phi) is 6.17. The second kappa shape index (κ2) is 8.59. The first kappa shape index (κ1) is 20.1. The van der Waals surface area contributed by atoms with Gasteiger partial charge in [-0.25, -0.2) is 4.98 Å². The van der Waals surface area contributed by atoms with Crippen molar-refractivity contribution < 1.29 is 14.4 Å². The molecular formula is C22H25ClN3O2+. The Bertz CT molecular complexity index is 1000. The minimum Gasteiger partial charge on any atom is -0.497 e. The highest BCUT2D eigenvalue weighted by Crippen LogP contribution is 2.24. The molecule has 0 saturated carbocycles. The Morgan fingerprint density at radius 1 is 1.18 bits per heavy atom. The van der Waals surface area contributed by atoms with Crippen molar-refractivity contribution >= 4 is 34.1 Å². The van der Waals surface area contributed by atoms with E-state index in [4.69, 9.17) is 16.3 Å². The lowest BCUT2D eigenvalue weighted by Crippen LogP contribution is -3.08. The van der Waals surface area contributed by atoms with Crippen LogP contribution in [-0.4, -0.2) is 31.6 Å². The molecule has 0 aliphatic carbocycles. The van der Waals surface area contributed by atoms with Crippen molar-refractivity contribution in [2.24, 2.45) is 0 Å². The van der Waals surface area contributed by atoms with E-state index in [2.05, 4.69) is 42.3 Å². The highest BCUT2D eigenvalue weighted by Gasteiger charge is 2.15. The molecule has 3 aromatic rings. The highest BCUT2D eigenvalue weighted by atomic mass is 35.5. The van der Waals surface area contributed by atoms with Crippen LogP contribution >= 0.6 is 11.6 Å². The lowest BCUT2D eigenvalue weighted by atomic mass is 10.0. The van der Waals surface area contributed by atoms with Crippen molar-refractivity contribution in [2.75, 3.05) is 26.0 Å². The van der Waals surface area contributed by atoms with Crippen LogP contribution in [0.5, 0.6) is 5.75 Å². The lowest BCUT2D eigenvalue weighted by molar-refractivity contribution is -0.885. The number of pyridine rings is 1. The Morgan fingerprint density at radius 2 is 1.89 bits per heavy atom. The molecule has 28 heavy (non-hydrogen) atoms. The molecule has 1 atom stereocenters. The number of halogens is 1. The fourth-order valence-corrected chi connectivity index (χ4v) is 3.38. The first-order valence-electron chi connectivity index (χ1n) is 9.18. The van der Waals surface area contributed by atoms with Crippen molar-refractivity contribution in [3.63, 3.8) is 0 Å². The van der Waals surface area contributed by atoms with E-state index < -0.39 is 0 Å². The van der Waals surface area contributed by atoms with Gasteiger partial charge in [0.1, 0.15) is 17.4 Å². The predicted octanol–water partition coefficient (Wildman–Crippen LogP) is 3.17. The third-order valence-corrected chi connectivity index (χ3v) is 5.19. The number of ether oxygens (including phenoxy) is 1. The summed E-state index contributed by atoms with van der Waals surface area (Å²) in [6.45, 7) is 5.07. The van der Waals surface area contributed by atoms with Crippen LogP contribution in [0.15, 0.2) is 42.5 Å². The third kappa shape index (κ3) is 4.61. The average Bonchev–Trinajstić information content (AvgIpc) is 2.66. The number of rotatable bonds is 6. The van der Waals surface area contributed by atoms with Crippen LogP contribution in [0.3, 0.4) is 0 Å². The van der Waals surface area contributed by atoms with Crippen LogP contribution in [0.4, 0.5) is 5.69 Å². The highest BCUT2D eigenvalue weighted by molar-refractivity contribution is 6.30. The molecule has 2 aromatic carbocycles. The topological polar surface area (TPSA) is 55.7 Å². The maximum absolute atomic E-state index is 12.3. The summed E-state index contributed by atoms with van der Waals surface area (Å²) < 4.78 is 5.13. The zero-order valence-corrected chi connectivity index (χ0v) is 17.4. The standard InChI is InChI=1S/C22H24ClN3O2/c1-14-5-6-16-11-17(22(23)25-21(16)15(14)2)12-26(3)13-20(27)24-18-7-9-19(28-4)10-8-18/h5-11H,12-13H2,1-4H3,(H,24,27)/p+1. The van der Waals surface area contributed by atoms with Gasteiger partial charge in [0.25, 0.3) is 5.91 Å². The van der Waals surface area contributed by atoms with E-state index in [0.717, 1.165) is 38.4 Å². The molecule has 0 bridgehead atoms. The predicted molar refractivity (Wildman–Crippen MR) is 113 cm³/mol. The van der Waals surface area contributed by atoms with Crippen LogP contribution < -0.4 is 15.0 Å². The van der Waals surface area contributed by atoms with Gasteiger partial charge in [0.15, 0.2) is 6.54 Å². The Balaban J connectivity index is 1.66. The molecule has 1 unspecified atom stereocenters. The van der Waals surface area contributed by atoms with Crippen molar-refractivity contribution in [3.05, 3.63) is 64.3 Å². The number of benzene rings is 2. The fraction of sp³-hybridized carbons (Fsp3) is 0.273. The first-order valence-corrected chi connectivity index (χ1v) is 9.55. The number of aromatic nitrogens is 1. The second-order valence-corrected chi connectivity index (χ2v) is 7.46. The van der Waals surface area contributed by atoms with E-state index in [1.54, 1.807) is 7.11 Å². The quantitative estimate of drug-likeness (QED) is 0.627. The number of fused-ring (bicyclic) bond motifs is 1. The van der Waals surface area contributed by atoms with Crippen LogP contribution in [0.2, 0.25) is 5.15 Å². The molecular weight excluding hydrogens is 374 g/mol. The van der Waals surface area contributed by atoms with Gasteiger partial charge in [-0.05, 0) is 55.3 Å². The van der Waals surface area contributed by atoms with Crippen molar-refractivity contribution in [1.82, 2.24) is 4.98 Å². The van der Waals surface area contributed by atoms with E-state index in [1.807, 2.05) is 31.3 Å². The van der Waals surface area contributed by atoms with Gasteiger partial charge in [-0.15, -0.1) is 0 Å². The average molecular weight is 399 g/mol. The Hall–Kier alpha value is -2.63. The van der Waals surface area contributed by atoms with Gasteiger partial charge in [0, 0.05) is 16.6 Å². The number of nitrogens with one attached hydrogen (secondary N) is 2. The lowest BCUT2D eigenvalue weighted by Gasteiger charge is -2.15. The molecule has 3 rings (SSSR count). The smallest absolute Gasteiger partial charge is 0.279 e.